The molecule has 3 aromatic rings. The first-order valence-corrected chi connectivity index (χ1v) is 10.1. The minimum absolute atomic E-state index is 0.194. The maximum absolute atomic E-state index is 12.6. The molecule has 6 nitrogen and oxygen atoms in total. The van der Waals surface area contributed by atoms with Crippen molar-refractivity contribution in [1.82, 2.24) is 9.97 Å². The zero-order valence-corrected chi connectivity index (χ0v) is 16.7. The van der Waals surface area contributed by atoms with Gasteiger partial charge in [0, 0.05) is 6.42 Å². The van der Waals surface area contributed by atoms with Crippen LogP contribution in [0.15, 0.2) is 41.2 Å². The van der Waals surface area contributed by atoms with Crippen molar-refractivity contribution in [1.29, 1.82) is 0 Å². The minimum Gasteiger partial charge on any atom is -0.465 e. The molecule has 0 spiro atoms. The van der Waals surface area contributed by atoms with Gasteiger partial charge in [0.05, 0.1) is 25.6 Å². The van der Waals surface area contributed by atoms with E-state index in [0.717, 1.165) is 19.5 Å². The number of rotatable bonds is 4. The Balaban J connectivity index is 1.55. The lowest BCUT2D eigenvalue weighted by atomic mass is 10.00. The molecule has 2 aromatic heterocycles. The average Bonchev–Trinajstić information content (AvgIpc) is 3.05. The van der Waals surface area contributed by atoms with Gasteiger partial charge in [0.2, 0.25) is 0 Å². The van der Waals surface area contributed by atoms with Crippen LogP contribution in [0.1, 0.15) is 33.0 Å². The van der Waals surface area contributed by atoms with Crippen molar-refractivity contribution >= 4 is 33.1 Å². The monoisotopic (exact) mass is 396 g/mol. The van der Waals surface area contributed by atoms with Gasteiger partial charge in [-0.1, -0.05) is 30.3 Å². The zero-order valence-electron chi connectivity index (χ0n) is 15.9. The second kappa shape index (κ2) is 7.69. The first kappa shape index (κ1) is 18.6. The lowest BCUT2D eigenvalue weighted by Gasteiger charge is -2.23. The van der Waals surface area contributed by atoms with Crippen molar-refractivity contribution in [3.05, 3.63) is 68.6 Å². The second-order valence-corrected chi connectivity index (χ2v) is 7.97. The summed E-state index contributed by atoms with van der Waals surface area (Å²) in [6.45, 7) is 4.28. The van der Waals surface area contributed by atoms with E-state index in [4.69, 9.17) is 4.74 Å². The van der Waals surface area contributed by atoms with Crippen molar-refractivity contribution in [2.24, 2.45) is 0 Å². The van der Waals surface area contributed by atoms with Crippen LogP contribution in [0.3, 0.4) is 0 Å². The van der Waals surface area contributed by atoms with Gasteiger partial charge in [-0.3, -0.25) is 4.79 Å². The molecule has 0 bridgehead atoms. The Bertz CT molecular complexity index is 1120. The lowest BCUT2D eigenvalue weighted by Crippen LogP contribution is -3.11. The van der Waals surface area contributed by atoms with Gasteiger partial charge in [0.15, 0.2) is 5.82 Å². The summed E-state index contributed by atoms with van der Waals surface area (Å²) in [6.07, 6.45) is 3.27. The highest BCUT2D eigenvalue weighted by Crippen LogP contribution is 2.27. The van der Waals surface area contributed by atoms with Crippen molar-refractivity contribution in [3.8, 4) is 0 Å². The SMILES string of the molecule is COC(=O)c1sc2nc(C[NH+]3CC=C(c4ccccc4)CC3)[nH]c(=O)c2c1C. The maximum Gasteiger partial charge on any atom is 0.348 e. The summed E-state index contributed by atoms with van der Waals surface area (Å²) in [6, 6.07) is 10.4. The maximum atomic E-state index is 12.6. The second-order valence-electron chi connectivity index (χ2n) is 6.97. The highest BCUT2D eigenvalue weighted by atomic mass is 32.1. The molecule has 0 saturated carbocycles. The van der Waals surface area contributed by atoms with Gasteiger partial charge in [0.25, 0.3) is 5.56 Å². The Morgan fingerprint density at radius 2 is 2.11 bits per heavy atom. The zero-order chi connectivity index (χ0) is 19.7. The molecule has 0 aliphatic carbocycles. The molecule has 1 aromatic carbocycles. The van der Waals surface area contributed by atoms with E-state index in [2.05, 4.69) is 40.3 Å². The molecule has 3 heterocycles. The van der Waals surface area contributed by atoms with E-state index in [9.17, 15) is 9.59 Å². The molecule has 0 saturated heterocycles. The van der Waals surface area contributed by atoms with Crippen molar-refractivity contribution < 1.29 is 14.4 Å². The summed E-state index contributed by atoms with van der Waals surface area (Å²) in [5, 5.41) is 0.481. The summed E-state index contributed by atoms with van der Waals surface area (Å²) in [7, 11) is 1.34. The summed E-state index contributed by atoms with van der Waals surface area (Å²) in [4.78, 5) is 34.4. The number of hydrogen-bond donors (Lipinski definition) is 2. The molecule has 28 heavy (non-hydrogen) atoms. The van der Waals surface area contributed by atoms with E-state index in [0.29, 0.717) is 33.0 Å². The number of ether oxygens (including phenoxy) is 1. The van der Waals surface area contributed by atoms with Crippen molar-refractivity contribution in [2.75, 3.05) is 20.2 Å². The highest BCUT2D eigenvalue weighted by Gasteiger charge is 2.22. The molecular weight excluding hydrogens is 374 g/mol. The standard InChI is InChI=1S/C21H21N3O3S/c1-13-17-19(25)22-16(23-20(17)28-18(13)21(26)27-2)12-24-10-8-15(9-11-24)14-6-4-3-5-7-14/h3-8H,9-12H2,1-2H3,(H,22,23,25)/p+1. The Kier molecular flexibility index (Phi) is 5.11. The predicted octanol–water partition coefficient (Wildman–Crippen LogP) is 1.95. The van der Waals surface area contributed by atoms with Gasteiger partial charge in [-0.2, -0.15) is 0 Å². The smallest absolute Gasteiger partial charge is 0.348 e. The molecule has 1 aliphatic heterocycles. The fourth-order valence-corrected chi connectivity index (χ4v) is 4.77. The van der Waals surface area contributed by atoms with E-state index < -0.39 is 5.97 Å². The molecule has 0 fully saturated rings. The Morgan fingerprint density at radius 1 is 1.32 bits per heavy atom. The van der Waals surface area contributed by atoms with Crippen LogP contribution in [0.5, 0.6) is 0 Å². The van der Waals surface area contributed by atoms with Gasteiger partial charge in [-0.15, -0.1) is 11.3 Å². The number of aromatic amines is 1. The van der Waals surface area contributed by atoms with Crippen LogP contribution < -0.4 is 10.5 Å². The summed E-state index contributed by atoms with van der Waals surface area (Å²) >= 11 is 1.22. The van der Waals surface area contributed by atoms with E-state index in [1.54, 1.807) is 6.92 Å². The number of aryl methyl sites for hydroxylation is 1. The number of H-pyrrole nitrogens is 1. The number of nitrogens with one attached hydrogen (secondary N) is 2. The number of carbonyl (C=O) groups is 1. The van der Waals surface area contributed by atoms with Crippen molar-refractivity contribution in [3.63, 3.8) is 0 Å². The van der Waals surface area contributed by atoms with Crippen LogP contribution in [0.4, 0.5) is 0 Å². The van der Waals surface area contributed by atoms with Crippen LogP contribution in [-0.4, -0.2) is 36.1 Å². The topological polar surface area (TPSA) is 76.5 Å². The van der Waals surface area contributed by atoms with Gasteiger partial charge in [-0.05, 0) is 29.7 Å². The minimum atomic E-state index is -0.429. The average molecular weight is 396 g/mol. The van der Waals surface area contributed by atoms with E-state index >= 15 is 0 Å². The molecule has 0 radical (unpaired) electrons. The third-order valence-electron chi connectivity index (χ3n) is 5.17. The largest absolute Gasteiger partial charge is 0.465 e. The van der Waals surface area contributed by atoms with Crippen LogP contribution in [-0.2, 0) is 11.3 Å². The first-order chi connectivity index (χ1) is 13.6. The van der Waals surface area contributed by atoms with Crippen molar-refractivity contribution in [2.45, 2.75) is 19.9 Å². The fraction of sp³-hybridized carbons (Fsp3) is 0.286. The van der Waals surface area contributed by atoms with Crippen LogP contribution >= 0.6 is 11.3 Å². The number of esters is 1. The molecular formula is C21H22N3O3S+. The van der Waals surface area contributed by atoms with Gasteiger partial charge in [0.1, 0.15) is 16.3 Å². The molecule has 1 unspecified atom stereocenters. The number of hydrogen-bond acceptors (Lipinski definition) is 5. The number of nitrogens with zero attached hydrogens (tertiary/aromatic N) is 1. The summed E-state index contributed by atoms with van der Waals surface area (Å²) in [5.74, 6) is 0.225. The first-order valence-electron chi connectivity index (χ1n) is 9.25. The quantitative estimate of drug-likeness (QED) is 0.661. The Hall–Kier alpha value is -2.77. The molecule has 4 rings (SSSR count). The number of fused-ring (bicyclic) bond motifs is 1. The number of quaternary nitrogens is 1. The number of aromatic nitrogens is 2. The Morgan fingerprint density at radius 3 is 2.79 bits per heavy atom. The number of carbonyl (C=O) groups excluding carboxylic acids is 1. The summed E-state index contributed by atoms with van der Waals surface area (Å²) in [5.41, 5.74) is 3.09. The highest BCUT2D eigenvalue weighted by molar-refractivity contribution is 7.20. The number of thiophene rings is 1. The molecule has 1 aliphatic rings. The van der Waals surface area contributed by atoms with Gasteiger partial charge >= 0.3 is 5.97 Å². The lowest BCUT2D eigenvalue weighted by molar-refractivity contribution is -0.909. The fourth-order valence-electron chi connectivity index (χ4n) is 3.65. The van der Waals surface area contributed by atoms with Crippen LogP contribution in [0, 0.1) is 6.92 Å². The third-order valence-corrected chi connectivity index (χ3v) is 6.33. The van der Waals surface area contributed by atoms with Gasteiger partial charge < -0.3 is 14.6 Å². The third kappa shape index (κ3) is 3.50. The number of benzene rings is 1. The summed E-state index contributed by atoms with van der Waals surface area (Å²) < 4.78 is 4.81. The van der Waals surface area contributed by atoms with Crippen LogP contribution in [0.25, 0.3) is 15.8 Å². The normalized spacial score (nSPS) is 16.8. The van der Waals surface area contributed by atoms with E-state index in [-0.39, 0.29) is 5.56 Å². The molecule has 144 valence electrons. The van der Waals surface area contributed by atoms with Gasteiger partial charge in [-0.25, -0.2) is 9.78 Å². The molecule has 7 heteroatoms. The Labute approximate surface area is 166 Å². The molecule has 1 atom stereocenters. The number of methoxy groups -OCH3 is 1. The predicted molar refractivity (Wildman–Crippen MR) is 110 cm³/mol. The van der Waals surface area contributed by atoms with E-state index in [1.165, 1.54) is 34.5 Å². The molecule has 0 amide bonds. The van der Waals surface area contributed by atoms with E-state index in [1.807, 2.05) is 6.07 Å². The molecule has 2 N–H and O–H groups in total. The van der Waals surface area contributed by atoms with Crippen LogP contribution in [0.2, 0.25) is 0 Å².